The van der Waals surface area contributed by atoms with E-state index < -0.39 is 28.7 Å². The van der Waals surface area contributed by atoms with Gasteiger partial charge in [-0.2, -0.15) is 5.10 Å². The van der Waals surface area contributed by atoms with Gasteiger partial charge in [-0.3, -0.25) is 9.78 Å². The summed E-state index contributed by atoms with van der Waals surface area (Å²) >= 11 is 1.20. The average molecular weight is 375 g/mol. The largest absolute Gasteiger partial charge is 0.505 e. The second-order valence-corrected chi connectivity index (χ2v) is 6.13. The molecular formula is C17H14FN3O4S. The zero-order valence-electron chi connectivity index (χ0n) is 13.7. The zero-order chi connectivity index (χ0) is 18.7. The quantitative estimate of drug-likeness (QED) is 0.689. The minimum atomic E-state index is -0.934. The first-order valence-corrected chi connectivity index (χ1v) is 8.53. The summed E-state index contributed by atoms with van der Waals surface area (Å²) in [6.07, 6.45) is 1.47. The number of aromatic nitrogens is 3. The molecule has 1 N–H and O–H groups in total. The van der Waals surface area contributed by atoms with Gasteiger partial charge in [-0.15, -0.1) is 11.3 Å². The van der Waals surface area contributed by atoms with Gasteiger partial charge in [-0.05, 0) is 24.6 Å². The fourth-order valence-electron chi connectivity index (χ4n) is 2.32. The van der Waals surface area contributed by atoms with E-state index >= 15 is 0 Å². The Labute approximate surface area is 151 Å². The van der Waals surface area contributed by atoms with E-state index in [2.05, 4.69) is 10.1 Å². The molecule has 0 aliphatic heterocycles. The molecule has 2 heterocycles. The van der Waals surface area contributed by atoms with Crippen molar-refractivity contribution in [3.63, 3.8) is 0 Å². The Balaban J connectivity index is 2.15. The van der Waals surface area contributed by atoms with Crippen molar-refractivity contribution in [3.05, 3.63) is 63.3 Å². The van der Waals surface area contributed by atoms with Gasteiger partial charge < -0.3 is 9.84 Å². The Bertz CT molecular complexity index is 984. The predicted octanol–water partition coefficient (Wildman–Crippen LogP) is 2.44. The molecule has 9 heteroatoms. The van der Waals surface area contributed by atoms with E-state index in [0.29, 0.717) is 10.4 Å². The first kappa shape index (κ1) is 17.7. The van der Waals surface area contributed by atoms with Crippen LogP contribution in [-0.4, -0.2) is 32.4 Å². The SMILES string of the molecule is CCOC(=O)c1c(O)c(-c2cncs2)nn(Cc2ccc(F)cc2)c1=O. The molecule has 0 aliphatic rings. The summed E-state index contributed by atoms with van der Waals surface area (Å²) in [6, 6.07) is 5.54. The lowest BCUT2D eigenvalue weighted by atomic mass is 10.2. The Morgan fingerprint density at radius 1 is 1.35 bits per heavy atom. The van der Waals surface area contributed by atoms with Gasteiger partial charge in [-0.25, -0.2) is 13.9 Å². The Morgan fingerprint density at radius 2 is 2.08 bits per heavy atom. The predicted molar refractivity (Wildman–Crippen MR) is 92.7 cm³/mol. The van der Waals surface area contributed by atoms with Gasteiger partial charge in [0.1, 0.15) is 11.5 Å². The molecule has 3 aromatic rings. The first-order valence-electron chi connectivity index (χ1n) is 7.65. The number of carbonyl (C=O) groups excluding carboxylic acids is 1. The molecule has 0 saturated heterocycles. The van der Waals surface area contributed by atoms with Crippen LogP contribution in [-0.2, 0) is 11.3 Å². The van der Waals surface area contributed by atoms with Gasteiger partial charge >= 0.3 is 5.97 Å². The van der Waals surface area contributed by atoms with E-state index in [9.17, 15) is 19.1 Å². The van der Waals surface area contributed by atoms with Crippen LogP contribution >= 0.6 is 11.3 Å². The summed E-state index contributed by atoms with van der Waals surface area (Å²) in [5, 5.41) is 14.6. The fourth-order valence-corrected chi connectivity index (χ4v) is 2.92. The number of nitrogens with zero attached hydrogens (tertiary/aromatic N) is 3. The normalized spacial score (nSPS) is 10.7. The standard InChI is InChI=1S/C17H14FN3O4S/c1-2-25-17(24)13-15(22)14(12-7-19-9-26-12)20-21(16(13)23)8-10-3-5-11(18)6-4-10/h3-7,9,22H,2,8H2,1H3. The van der Waals surface area contributed by atoms with Gasteiger partial charge in [-0.1, -0.05) is 12.1 Å². The van der Waals surface area contributed by atoms with E-state index in [4.69, 9.17) is 4.74 Å². The molecule has 0 unspecified atom stereocenters. The summed E-state index contributed by atoms with van der Waals surface area (Å²) in [4.78, 5) is 29.2. The van der Waals surface area contributed by atoms with Gasteiger partial charge in [0.25, 0.3) is 5.56 Å². The van der Waals surface area contributed by atoms with E-state index in [-0.39, 0.29) is 18.8 Å². The molecular weight excluding hydrogens is 361 g/mol. The molecule has 3 rings (SSSR count). The smallest absolute Gasteiger partial charge is 0.347 e. The summed E-state index contributed by atoms with van der Waals surface area (Å²) in [7, 11) is 0. The van der Waals surface area contributed by atoms with Crippen LogP contribution in [0.5, 0.6) is 5.75 Å². The number of hydrogen-bond acceptors (Lipinski definition) is 7. The van der Waals surface area contributed by atoms with Crippen LogP contribution in [0.15, 0.2) is 40.8 Å². The number of rotatable bonds is 5. The van der Waals surface area contributed by atoms with Crippen LogP contribution in [0.25, 0.3) is 10.6 Å². The Hall–Kier alpha value is -3.07. The summed E-state index contributed by atoms with van der Waals surface area (Å²) in [5.74, 6) is -1.89. The van der Waals surface area contributed by atoms with Crippen molar-refractivity contribution in [1.82, 2.24) is 14.8 Å². The van der Waals surface area contributed by atoms with Crippen LogP contribution in [0.3, 0.4) is 0 Å². The van der Waals surface area contributed by atoms with Crippen LogP contribution in [0.1, 0.15) is 22.8 Å². The molecule has 1 aromatic carbocycles. The summed E-state index contributed by atoms with van der Waals surface area (Å²) in [6.45, 7) is 1.64. The van der Waals surface area contributed by atoms with Crippen LogP contribution < -0.4 is 5.56 Å². The number of aromatic hydroxyl groups is 1. The average Bonchev–Trinajstić information content (AvgIpc) is 3.14. The minimum Gasteiger partial charge on any atom is -0.505 e. The van der Waals surface area contributed by atoms with Crippen molar-refractivity contribution < 1.29 is 19.0 Å². The number of halogens is 1. The maximum Gasteiger partial charge on any atom is 0.347 e. The topological polar surface area (TPSA) is 94.3 Å². The van der Waals surface area contributed by atoms with E-state index in [1.807, 2.05) is 0 Å². The highest BCUT2D eigenvalue weighted by molar-refractivity contribution is 7.13. The number of benzene rings is 1. The molecule has 0 bridgehead atoms. The number of carbonyl (C=O) groups is 1. The monoisotopic (exact) mass is 375 g/mol. The maximum absolute atomic E-state index is 13.1. The molecule has 0 radical (unpaired) electrons. The molecule has 0 fully saturated rings. The molecule has 0 spiro atoms. The molecule has 0 aliphatic carbocycles. The Kier molecular flexibility index (Phi) is 5.08. The molecule has 26 heavy (non-hydrogen) atoms. The highest BCUT2D eigenvalue weighted by Crippen LogP contribution is 2.31. The van der Waals surface area contributed by atoms with Crippen molar-refractivity contribution >= 4 is 17.3 Å². The molecule has 0 atom stereocenters. The van der Waals surface area contributed by atoms with E-state index in [1.165, 1.54) is 47.3 Å². The number of ether oxygens (including phenoxy) is 1. The lowest BCUT2D eigenvalue weighted by molar-refractivity contribution is 0.0519. The van der Waals surface area contributed by atoms with Gasteiger partial charge in [0, 0.05) is 6.20 Å². The molecule has 7 nitrogen and oxygen atoms in total. The van der Waals surface area contributed by atoms with Gasteiger partial charge in [0.15, 0.2) is 11.3 Å². The van der Waals surface area contributed by atoms with Crippen LogP contribution in [0.4, 0.5) is 4.39 Å². The van der Waals surface area contributed by atoms with Crippen molar-refractivity contribution in [2.75, 3.05) is 6.61 Å². The third kappa shape index (κ3) is 3.47. The number of thiazole rings is 1. The van der Waals surface area contributed by atoms with Crippen molar-refractivity contribution in [3.8, 4) is 16.3 Å². The third-order valence-electron chi connectivity index (χ3n) is 3.52. The fraction of sp³-hybridized carbons (Fsp3) is 0.176. The van der Waals surface area contributed by atoms with Gasteiger partial charge in [0.2, 0.25) is 0 Å². The van der Waals surface area contributed by atoms with Crippen LogP contribution in [0.2, 0.25) is 0 Å². The zero-order valence-corrected chi connectivity index (χ0v) is 14.5. The molecule has 0 saturated carbocycles. The number of hydrogen-bond donors (Lipinski definition) is 1. The highest BCUT2D eigenvalue weighted by Gasteiger charge is 2.25. The first-order chi connectivity index (χ1) is 12.5. The van der Waals surface area contributed by atoms with E-state index in [0.717, 1.165) is 4.68 Å². The van der Waals surface area contributed by atoms with Crippen molar-refractivity contribution in [1.29, 1.82) is 0 Å². The van der Waals surface area contributed by atoms with Crippen LogP contribution in [0, 0.1) is 5.82 Å². The maximum atomic E-state index is 13.1. The second kappa shape index (κ2) is 7.44. The summed E-state index contributed by atoms with van der Waals surface area (Å²) in [5.41, 5.74) is 0.913. The van der Waals surface area contributed by atoms with Gasteiger partial charge in [0.05, 0.1) is 23.5 Å². The lowest BCUT2D eigenvalue weighted by Gasteiger charge is -2.12. The van der Waals surface area contributed by atoms with Crippen molar-refractivity contribution in [2.24, 2.45) is 0 Å². The molecule has 0 amide bonds. The summed E-state index contributed by atoms with van der Waals surface area (Å²) < 4.78 is 19.0. The van der Waals surface area contributed by atoms with E-state index in [1.54, 1.807) is 6.92 Å². The number of esters is 1. The third-order valence-corrected chi connectivity index (χ3v) is 4.30. The minimum absolute atomic E-state index is 0.00238. The molecule has 2 aromatic heterocycles. The van der Waals surface area contributed by atoms with Crippen molar-refractivity contribution in [2.45, 2.75) is 13.5 Å². The Morgan fingerprint density at radius 3 is 2.69 bits per heavy atom. The lowest BCUT2D eigenvalue weighted by Crippen LogP contribution is -2.30. The molecule has 134 valence electrons. The second-order valence-electron chi connectivity index (χ2n) is 5.25. The highest BCUT2D eigenvalue weighted by atomic mass is 32.1.